The summed E-state index contributed by atoms with van der Waals surface area (Å²) in [5.41, 5.74) is 2.96. The Bertz CT molecular complexity index is 918. The quantitative estimate of drug-likeness (QED) is 0.621. The molecule has 1 aromatic heterocycles. The Morgan fingerprint density at radius 2 is 1.88 bits per heavy atom. The zero-order valence-electron chi connectivity index (χ0n) is 14.6. The predicted molar refractivity (Wildman–Crippen MR) is 98.2 cm³/mol. The monoisotopic (exact) mass is 338 g/mol. The number of nitrogens with zero attached hydrogens (tertiary/aromatic N) is 2. The van der Waals surface area contributed by atoms with Crippen LogP contribution in [0.3, 0.4) is 0 Å². The maximum atomic E-state index is 12.3. The van der Waals surface area contributed by atoms with Gasteiger partial charge in [-0.1, -0.05) is 24.3 Å². The molecule has 0 fully saturated rings. The Labute approximate surface area is 146 Å². The van der Waals surface area contributed by atoms with E-state index in [1.807, 2.05) is 44.2 Å². The van der Waals surface area contributed by atoms with Gasteiger partial charge in [-0.05, 0) is 43.2 Å². The lowest BCUT2D eigenvalue weighted by Gasteiger charge is -2.11. The summed E-state index contributed by atoms with van der Waals surface area (Å²) in [5.74, 6) is 0.888. The third kappa shape index (κ3) is 4.25. The lowest BCUT2D eigenvalue weighted by molar-refractivity contribution is 0.0936. The highest BCUT2D eigenvalue weighted by atomic mass is 16.5. The predicted octanol–water partition coefficient (Wildman–Crippen LogP) is 3.11. The summed E-state index contributed by atoms with van der Waals surface area (Å²) in [6, 6.07) is 13.5. The molecule has 1 heterocycles. The number of para-hydroxylation sites is 1. The van der Waals surface area contributed by atoms with E-state index in [0.29, 0.717) is 37.3 Å². The van der Waals surface area contributed by atoms with Gasteiger partial charge in [-0.25, -0.2) is 4.98 Å². The highest BCUT2D eigenvalue weighted by Gasteiger charge is 2.03. The molecule has 0 saturated carbocycles. The summed E-state index contributed by atoms with van der Waals surface area (Å²) in [5, 5.41) is 0.628. The van der Waals surface area contributed by atoms with Gasteiger partial charge in [0.1, 0.15) is 12.4 Å². The SMILES string of the molecule is Cc1ccc(C)c(OCCOCCn2cnc3ccccc3c2=O)c1. The molecule has 5 heteroatoms. The van der Waals surface area contributed by atoms with Crippen molar-refractivity contribution < 1.29 is 9.47 Å². The number of aromatic nitrogens is 2. The van der Waals surface area contributed by atoms with Crippen molar-refractivity contribution in [2.75, 3.05) is 19.8 Å². The van der Waals surface area contributed by atoms with Crippen molar-refractivity contribution in [2.24, 2.45) is 0 Å². The number of hydrogen-bond donors (Lipinski definition) is 0. The van der Waals surface area contributed by atoms with Crippen molar-refractivity contribution >= 4 is 10.9 Å². The molecule has 0 unspecified atom stereocenters. The molecule has 0 aliphatic heterocycles. The maximum absolute atomic E-state index is 12.3. The van der Waals surface area contributed by atoms with E-state index in [0.717, 1.165) is 11.3 Å². The maximum Gasteiger partial charge on any atom is 0.261 e. The minimum Gasteiger partial charge on any atom is -0.491 e. The zero-order valence-corrected chi connectivity index (χ0v) is 14.6. The van der Waals surface area contributed by atoms with E-state index in [2.05, 4.69) is 11.1 Å². The van der Waals surface area contributed by atoms with Crippen LogP contribution in [0.15, 0.2) is 53.6 Å². The molecule has 0 aliphatic carbocycles. The number of fused-ring (bicyclic) bond motifs is 1. The highest BCUT2D eigenvalue weighted by Crippen LogP contribution is 2.18. The van der Waals surface area contributed by atoms with E-state index >= 15 is 0 Å². The standard InChI is InChI=1S/C20H22N2O3/c1-15-7-8-16(2)19(13-15)25-12-11-24-10-9-22-14-21-18-6-4-3-5-17(18)20(22)23/h3-8,13-14H,9-12H2,1-2H3. The number of aryl methyl sites for hydroxylation is 2. The molecule has 0 saturated heterocycles. The Balaban J connectivity index is 1.47. The smallest absolute Gasteiger partial charge is 0.261 e. The van der Waals surface area contributed by atoms with Crippen LogP contribution in [-0.4, -0.2) is 29.4 Å². The molecule has 0 aliphatic rings. The first-order valence-electron chi connectivity index (χ1n) is 8.37. The number of hydrogen-bond acceptors (Lipinski definition) is 4. The van der Waals surface area contributed by atoms with Crippen molar-refractivity contribution in [1.29, 1.82) is 0 Å². The van der Waals surface area contributed by atoms with Gasteiger partial charge in [0, 0.05) is 0 Å². The van der Waals surface area contributed by atoms with Crippen LogP contribution in [0.25, 0.3) is 10.9 Å². The normalized spacial score (nSPS) is 11.0. The third-order valence-electron chi connectivity index (χ3n) is 4.04. The van der Waals surface area contributed by atoms with Gasteiger partial charge in [0.2, 0.25) is 0 Å². The fourth-order valence-corrected chi connectivity index (χ4v) is 2.60. The Morgan fingerprint density at radius 1 is 1.04 bits per heavy atom. The van der Waals surface area contributed by atoms with E-state index in [9.17, 15) is 4.79 Å². The number of ether oxygens (including phenoxy) is 2. The molecule has 0 atom stereocenters. The first-order chi connectivity index (χ1) is 12.1. The van der Waals surface area contributed by atoms with Crippen molar-refractivity contribution in [1.82, 2.24) is 9.55 Å². The second kappa shape index (κ2) is 7.94. The van der Waals surface area contributed by atoms with Crippen LogP contribution in [0.2, 0.25) is 0 Å². The molecule has 3 rings (SSSR count). The second-order valence-corrected chi connectivity index (χ2v) is 5.99. The van der Waals surface area contributed by atoms with E-state index < -0.39 is 0 Å². The van der Waals surface area contributed by atoms with Gasteiger partial charge in [0.05, 0.1) is 37.0 Å². The van der Waals surface area contributed by atoms with Gasteiger partial charge < -0.3 is 9.47 Å². The van der Waals surface area contributed by atoms with E-state index in [-0.39, 0.29) is 5.56 Å². The number of rotatable bonds is 7. The van der Waals surface area contributed by atoms with E-state index in [1.165, 1.54) is 5.56 Å². The Morgan fingerprint density at radius 3 is 2.76 bits per heavy atom. The van der Waals surface area contributed by atoms with Crippen molar-refractivity contribution in [3.63, 3.8) is 0 Å². The molecular weight excluding hydrogens is 316 g/mol. The zero-order chi connectivity index (χ0) is 17.6. The molecule has 130 valence electrons. The molecule has 2 aromatic carbocycles. The fourth-order valence-electron chi connectivity index (χ4n) is 2.60. The topological polar surface area (TPSA) is 53.4 Å². The van der Waals surface area contributed by atoms with Crippen LogP contribution in [-0.2, 0) is 11.3 Å². The van der Waals surface area contributed by atoms with Crippen molar-refractivity contribution in [2.45, 2.75) is 20.4 Å². The molecule has 0 bridgehead atoms. The number of benzene rings is 2. The molecule has 0 N–H and O–H groups in total. The minimum atomic E-state index is -0.0409. The summed E-state index contributed by atoms with van der Waals surface area (Å²) in [6.07, 6.45) is 1.57. The van der Waals surface area contributed by atoms with Crippen LogP contribution >= 0.6 is 0 Å². The summed E-state index contributed by atoms with van der Waals surface area (Å²) in [6.45, 7) is 5.93. The average molecular weight is 338 g/mol. The van der Waals surface area contributed by atoms with E-state index in [4.69, 9.17) is 9.47 Å². The van der Waals surface area contributed by atoms with Gasteiger partial charge in [-0.2, -0.15) is 0 Å². The lowest BCUT2D eigenvalue weighted by atomic mass is 10.1. The molecular formula is C20H22N2O3. The van der Waals surface area contributed by atoms with Gasteiger partial charge in [0.15, 0.2) is 0 Å². The summed E-state index contributed by atoms with van der Waals surface area (Å²) < 4.78 is 12.9. The Hall–Kier alpha value is -2.66. The summed E-state index contributed by atoms with van der Waals surface area (Å²) in [7, 11) is 0. The van der Waals surface area contributed by atoms with Gasteiger partial charge in [-0.15, -0.1) is 0 Å². The third-order valence-corrected chi connectivity index (χ3v) is 4.04. The molecule has 0 amide bonds. The molecule has 3 aromatic rings. The fraction of sp³-hybridized carbons (Fsp3) is 0.300. The minimum absolute atomic E-state index is 0.0409. The van der Waals surface area contributed by atoms with E-state index in [1.54, 1.807) is 17.0 Å². The summed E-state index contributed by atoms with van der Waals surface area (Å²) >= 11 is 0. The van der Waals surface area contributed by atoms with Crippen LogP contribution in [0.4, 0.5) is 0 Å². The van der Waals surface area contributed by atoms with Crippen molar-refractivity contribution in [3.8, 4) is 5.75 Å². The van der Waals surface area contributed by atoms with Crippen LogP contribution < -0.4 is 10.3 Å². The first-order valence-corrected chi connectivity index (χ1v) is 8.37. The van der Waals surface area contributed by atoms with Crippen LogP contribution in [0.5, 0.6) is 5.75 Å². The van der Waals surface area contributed by atoms with Gasteiger partial charge >= 0.3 is 0 Å². The van der Waals surface area contributed by atoms with Crippen LogP contribution in [0.1, 0.15) is 11.1 Å². The Kier molecular flexibility index (Phi) is 5.46. The molecule has 0 spiro atoms. The van der Waals surface area contributed by atoms with Crippen molar-refractivity contribution in [3.05, 3.63) is 70.3 Å². The van der Waals surface area contributed by atoms with Gasteiger partial charge in [0.25, 0.3) is 5.56 Å². The van der Waals surface area contributed by atoms with Gasteiger partial charge in [-0.3, -0.25) is 9.36 Å². The molecule has 25 heavy (non-hydrogen) atoms. The van der Waals surface area contributed by atoms with Crippen LogP contribution in [0, 0.1) is 13.8 Å². The molecule has 0 radical (unpaired) electrons. The molecule has 5 nitrogen and oxygen atoms in total. The second-order valence-electron chi connectivity index (χ2n) is 5.99. The largest absolute Gasteiger partial charge is 0.491 e. The first kappa shape index (κ1) is 17.2. The average Bonchev–Trinajstić information content (AvgIpc) is 2.62. The lowest BCUT2D eigenvalue weighted by Crippen LogP contribution is -2.23. The summed E-state index contributed by atoms with van der Waals surface area (Å²) in [4.78, 5) is 16.6. The highest BCUT2D eigenvalue weighted by molar-refractivity contribution is 5.76.